The lowest BCUT2D eigenvalue weighted by atomic mass is 9.90. The summed E-state index contributed by atoms with van der Waals surface area (Å²) >= 11 is 0. The largest absolute Gasteiger partial charge is 0.494 e. The molecule has 3 heterocycles. The normalized spacial score (nSPS) is 14.9. The van der Waals surface area contributed by atoms with Crippen LogP contribution in [0.3, 0.4) is 0 Å². The van der Waals surface area contributed by atoms with Crippen LogP contribution in [-0.4, -0.2) is 59.6 Å². The number of rotatable bonds is 8. The predicted molar refractivity (Wildman–Crippen MR) is 111 cm³/mol. The lowest BCUT2D eigenvalue weighted by molar-refractivity contribution is 0.0855. The number of carbonyl (C=O) groups excluding carboxylic acids is 1. The first kappa shape index (κ1) is 20.4. The number of fused-ring (bicyclic) bond motifs is 1. The lowest BCUT2D eigenvalue weighted by Gasteiger charge is -2.23. The molecule has 1 aliphatic rings. The fraction of sp³-hybridized carbons (Fsp3) is 0.455. The first-order valence-corrected chi connectivity index (χ1v) is 10.1. The van der Waals surface area contributed by atoms with Crippen LogP contribution >= 0.6 is 0 Å². The van der Waals surface area contributed by atoms with Gasteiger partial charge in [0.15, 0.2) is 5.78 Å². The van der Waals surface area contributed by atoms with Crippen LogP contribution in [0.15, 0.2) is 30.7 Å². The van der Waals surface area contributed by atoms with E-state index in [0.717, 1.165) is 31.6 Å². The number of aromatic nitrogens is 4. The number of benzene rings is 1. The molecule has 0 N–H and O–H groups in total. The molecule has 0 spiro atoms. The lowest BCUT2D eigenvalue weighted by Crippen LogP contribution is -2.15. The van der Waals surface area contributed by atoms with Gasteiger partial charge in [-0.1, -0.05) is 6.07 Å². The number of nitrogens with zero attached hydrogens (tertiary/aromatic N) is 4. The van der Waals surface area contributed by atoms with Crippen molar-refractivity contribution in [2.24, 2.45) is 0 Å². The van der Waals surface area contributed by atoms with Gasteiger partial charge in [0.05, 0.1) is 49.7 Å². The number of hydrogen-bond donors (Lipinski definition) is 0. The minimum absolute atomic E-state index is 0.0492. The summed E-state index contributed by atoms with van der Waals surface area (Å²) in [7, 11) is 3.26. The maximum Gasteiger partial charge on any atom is 0.172 e. The van der Waals surface area contributed by atoms with Gasteiger partial charge in [-0.25, -0.2) is 4.98 Å². The average Bonchev–Trinajstić information content (AvgIpc) is 3.26. The zero-order chi connectivity index (χ0) is 20.9. The van der Waals surface area contributed by atoms with Gasteiger partial charge in [0.1, 0.15) is 11.3 Å². The van der Waals surface area contributed by atoms with Gasteiger partial charge in [0, 0.05) is 32.7 Å². The van der Waals surface area contributed by atoms with Gasteiger partial charge in [0.2, 0.25) is 0 Å². The molecule has 30 heavy (non-hydrogen) atoms. The first-order chi connectivity index (χ1) is 14.7. The van der Waals surface area contributed by atoms with Crippen LogP contribution in [0.1, 0.15) is 40.4 Å². The molecular formula is C22H26N4O4. The van der Waals surface area contributed by atoms with Gasteiger partial charge >= 0.3 is 0 Å². The van der Waals surface area contributed by atoms with Gasteiger partial charge in [-0.15, -0.1) is 0 Å². The molecule has 0 radical (unpaired) electrons. The molecule has 3 aromatic rings. The number of ketones is 1. The van der Waals surface area contributed by atoms with E-state index in [0.29, 0.717) is 41.6 Å². The van der Waals surface area contributed by atoms with E-state index in [1.807, 2.05) is 6.07 Å². The highest BCUT2D eigenvalue weighted by Gasteiger charge is 2.21. The van der Waals surface area contributed by atoms with Crippen molar-refractivity contribution >= 4 is 16.8 Å². The minimum Gasteiger partial charge on any atom is -0.494 e. The van der Waals surface area contributed by atoms with Crippen LogP contribution in [0.25, 0.3) is 11.0 Å². The van der Waals surface area contributed by atoms with E-state index in [9.17, 15) is 4.79 Å². The van der Waals surface area contributed by atoms with Crippen LogP contribution in [0.5, 0.6) is 5.75 Å². The molecule has 0 bridgehead atoms. The van der Waals surface area contributed by atoms with Gasteiger partial charge < -0.3 is 14.2 Å². The number of methoxy groups -OCH3 is 2. The molecule has 8 heteroatoms. The van der Waals surface area contributed by atoms with E-state index in [2.05, 4.69) is 16.1 Å². The Labute approximate surface area is 175 Å². The second-order valence-electron chi connectivity index (χ2n) is 7.39. The number of hydrogen-bond acceptors (Lipinski definition) is 7. The monoisotopic (exact) mass is 410 g/mol. The zero-order valence-corrected chi connectivity index (χ0v) is 17.3. The van der Waals surface area contributed by atoms with Crippen molar-refractivity contribution in [3.05, 3.63) is 47.5 Å². The molecule has 0 unspecified atom stereocenters. The van der Waals surface area contributed by atoms with Crippen molar-refractivity contribution < 1.29 is 19.0 Å². The zero-order valence-electron chi connectivity index (χ0n) is 17.3. The van der Waals surface area contributed by atoms with E-state index in [1.54, 1.807) is 37.5 Å². The van der Waals surface area contributed by atoms with E-state index in [1.165, 1.54) is 5.56 Å². The maximum atomic E-state index is 12.7. The molecule has 0 aliphatic carbocycles. The van der Waals surface area contributed by atoms with Crippen LogP contribution in [0.2, 0.25) is 0 Å². The summed E-state index contributed by atoms with van der Waals surface area (Å²) in [5.41, 5.74) is 3.86. The smallest absolute Gasteiger partial charge is 0.172 e. The fourth-order valence-electron chi connectivity index (χ4n) is 3.80. The number of carbonyl (C=O) groups is 1. The van der Waals surface area contributed by atoms with E-state index in [-0.39, 0.29) is 12.2 Å². The summed E-state index contributed by atoms with van der Waals surface area (Å²) in [5, 5.41) is 4.21. The third-order valence-electron chi connectivity index (χ3n) is 5.45. The molecular weight excluding hydrogens is 384 g/mol. The van der Waals surface area contributed by atoms with Crippen molar-refractivity contribution in [2.45, 2.75) is 31.7 Å². The molecule has 1 saturated heterocycles. The molecule has 0 amide bonds. The maximum absolute atomic E-state index is 12.7. The van der Waals surface area contributed by atoms with Crippen molar-refractivity contribution in [3.8, 4) is 5.75 Å². The van der Waals surface area contributed by atoms with Crippen LogP contribution < -0.4 is 4.74 Å². The highest BCUT2D eigenvalue weighted by molar-refractivity contribution is 5.97. The fourth-order valence-corrected chi connectivity index (χ4v) is 3.80. The van der Waals surface area contributed by atoms with E-state index < -0.39 is 0 Å². The van der Waals surface area contributed by atoms with Crippen molar-refractivity contribution in [1.82, 2.24) is 19.7 Å². The standard InChI is InChI=1S/C22H26N4O4/c1-28-10-7-26-14-16(12-24-26)19(27)11-17-13-23-21-18(15-5-8-30-9-6-15)3-4-20(29-2)22(21)25-17/h3-4,12-15H,5-11H2,1-2H3. The van der Waals surface area contributed by atoms with Crippen LogP contribution in [0.4, 0.5) is 0 Å². The van der Waals surface area contributed by atoms with Gasteiger partial charge in [0.25, 0.3) is 0 Å². The average molecular weight is 410 g/mol. The van der Waals surface area contributed by atoms with Gasteiger partial charge in [-0.3, -0.25) is 14.5 Å². The Morgan fingerprint density at radius 2 is 2.03 bits per heavy atom. The predicted octanol–water partition coefficient (Wildman–Crippen LogP) is 2.80. The molecule has 2 aromatic heterocycles. The van der Waals surface area contributed by atoms with E-state index >= 15 is 0 Å². The van der Waals surface area contributed by atoms with Crippen molar-refractivity contribution in [3.63, 3.8) is 0 Å². The topological polar surface area (TPSA) is 88.4 Å². The molecule has 1 fully saturated rings. The Kier molecular flexibility index (Phi) is 6.35. The summed E-state index contributed by atoms with van der Waals surface area (Å²) in [5.74, 6) is 1.01. The Bertz CT molecular complexity index is 1030. The molecule has 8 nitrogen and oxygen atoms in total. The second kappa shape index (κ2) is 9.32. The Morgan fingerprint density at radius 1 is 1.20 bits per heavy atom. The summed E-state index contributed by atoms with van der Waals surface area (Å²) < 4.78 is 17.8. The quantitative estimate of drug-likeness (QED) is 0.528. The van der Waals surface area contributed by atoms with Crippen molar-refractivity contribution in [2.75, 3.05) is 34.0 Å². The molecule has 1 aromatic carbocycles. The number of Topliss-reactive ketones (excluding diaryl/α,β-unsaturated/α-hetero) is 1. The first-order valence-electron chi connectivity index (χ1n) is 10.1. The third-order valence-corrected chi connectivity index (χ3v) is 5.45. The molecule has 0 saturated carbocycles. The number of ether oxygens (including phenoxy) is 3. The molecule has 158 valence electrons. The van der Waals surface area contributed by atoms with Gasteiger partial charge in [-0.2, -0.15) is 5.10 Å². The summed E-state index contributed by atoms with van der Waals surface area (Å²) in [6.45, 7) is 2.67. The third kappa shape index (κ3) is 4.34. The van der Waals surface area contributed by atoms with Crippen LogP contribution in [-0.2, 0) is 22.4 Å². The molecule has 0 atom stereocenters. The van der Waals surface area contributed by atoms with Gasteiger partial charge in [-0.05, 0) is 30.4 Å². The molecule has 1 aliphatic heterocycles. The Balaban J connectivity index is 1.59. The van der Waals surface area contributed by atoms with Crippen molar-refractivity contribution in [1.29, 1.82) is 0 Å². The summed E-state index contributed by atoms with van der Waals surface area (Å²) in [6.07, 6.45) is 7.10. The molecule has 4 rings (SSSR count). The SMILES string of the molecule is COCCn1cc(C(=O)Cc2cnc3c(C4CCOCC4)ccc(OC)c3n2)cn1. The van der Waals surface area contributed by atoms with E-state index in [4.69, 9.17) is 19.2 Å². The van der Waals surface area contributed by atoms with Crippen LogP contribution in [0, 0.1) is 0 Å². The Morgan fingerprint density at radius 3 is 2.80 bits per heavy atom. The summed E-state index contributed by atoms with van der Waals surface area (Å²) in [6, 6.07) is 4.01. The highest BCUT2D eigenvalue weighted by Crippen LogP contribution is 2.34. The highest BCUT2D eigenvalue weighted by atomic mass is 16.5. The Hall–Kier alpha value is -2.84. The second-order valence-corrected chi connectivity index (χ2v) is 7.39. The summed E-state index contributed by atoms with van der Waals surface area (Å²) in [4.78, 5) is 22.1. The minimum atomic E-state index is -0.0492.